The molecule has 1 amide bonds. The fourth-order valence-corrected chi connectivity index (χ4v) is 2.40. The van der Waals surface area contributed by atoms with Gasteiger partial charge in [-0.3, -0.25) is 9.69 Å². The van der Waals surface area contributed by atoms with Gasteiger partial charge in [0.05, 0.1) is 6.54 Å². The molecule has 3 heteroatoms. The highest BCUT2D eigenvalue weighted by molar-refractivity contribution is 5.79. The largest absolute Gasteiger partial charge is 0.339 e. The molecule has 2 saturated heterocycles. The highest BCUT2D eigenvalue weighted by Crippen LogP contribution is 2.22. The third-order valence-corrected chi connectivity index (χ3v) is 3.20. The Morgan fingerprint density at radius 3 is 2.92 bits per heavy atom. The third kappa shape index (κ3) is 1.85. The van der Waals surface area contributed by atoms with E-state index in [0.29, 0.717) is 18.5 Å². The van der Waals surface area contributed by atoms with Gasteiger partial charge in [-0.05, 0) is 32.7 Å². The number of carbonyl (C=O) groups is 1. The van der Waals surface area contributed by atoms with Crippen molar-refractivity contribution < 1.29 is 4.79 Å². The van der Waals surface area contributed by atoms with Crippen LogP contribution in [0.15, 0.2) is 0 Å². The summed E-state index contributed by atoms with van der Waals surface area (Å²) in [4.78, 5) is 16.0. The van der Waals surface area contributed by atoms with E-state index in [2.05, 4.69) is 9.80 Å². The van der Waals surface area contributed by atoms with E-state index in [0.717, 1.165) is 13.1 Å². The van der Waals surface area contributed by atoms with Gasteiger partial charge in [-0.2, -0.15) is 0 Å². The molecule has 0 aromatic carbocycles. The minimum absolute atomic E-state index is 0.338. The van der Waals surface area contributed by atoms with E-state index in [1.807, 2.05) is 7.05 Å². The Morgan fingerprint density at radius 2 is 2.08 bits per heavy atom. The zero-order chi connectivity index (χ0) is 9.26. The van der Waals surface area contributed by atoms with E-state index in [1.165, 1.54) is 25.7 Å². The number of likely N-dealkylation sites (N-methyl/N-ethyl adjacent to an activating group) is 1. The molecule has 0 unspecified atom stereocenters. The lowest BCUT2D eigenvalue weighted by molar-refractivity contribution is -0.134. The molecule has 3 nitrogen and oxygen atoms in total. The Bertz CT molecular complexity index is 205. The van der Waals surface area contributed by atoms with Crippen LogP contribution in [-0.2, 0) is 4.79 Å². The van der Waals surface area contributed by atoms with Crippen molar-refractivity contribution in [1.29, 1.82) is 0 Å². The minimum atomic E-state index is 0.338. The first-order chi connectivity index (χ1) is 6.27. The van der Waals surface area contributed by atoms with Gasteiger partial charge >= 0.3 is 0 Å². The van der Waals surface area contributed by atoms with Crippen LogP contribution < -0.4 is 0 Å². The fraction of sp³-hybridized carbons (Fsp3) is 0.900. The van der Waals surface area contributed by atoms with Gasteiger partial charge in [-0.15, -0.1) is 0 Å². The first-order valence-electron chi connectivity index (χ1n) is 5.25. The number of nitrogens with zero attached hydrogens (tertiary/aromatic N) is 2. The van der Waals surface area contributed by atoms with Crippen LogP contribution in [-0.4, -0.2) is 48.4 Å². The summed E-state index contributed by atoms with van der Waals surface area (Å²) in [6, 6.07) is 0.547. The Hall–Kier alpha value is -0.570. The van der Waals surface area contributed by atoms with Gasteiger partial charge in [-0.1, -0.05) is 0 Å². The van der Waals surface area contributed by atoms with E-state index in [-0.39, 0.29) is 0 Å². The van der Waals surface area contributed by atoms with Crippen LogP contribution in [0, 0.1) is 0 Å². The summed E-state index contributed by atoms with van der Waals surface area (Å²) in [7, 11) is 2.04. The maximum Gasteiger partial charge on any atom is 0.236 e. The van der Waals surface area contributed by atoms with Gasteiger partial charge in [0, 0.05) is 19.1 Å². The van der Waals surface area contributed by atoms with Crippen molar-refractivity contribution in [2.24, 2.45) is 0 Å². The molecule has 2 aliphatic heterocycles. The van der Waals surface area contributed by atoms with Crippen molar-refractivity contribution in [1.82, 2.24) is 9.80 Å². The summed E-state index contributed by atoms with van der Waals surface area (Å²) in [6.07, 6.45) is 4.89. The fourth-order valence-electron chi connectivity index (χ4n) is 2.40. The maximum absolute atomic E-state index is 11.7. The molecular weight excluding hydrogens is 164 g/mol. The number of rotatable bonds is 0. The number of hydrogen-bond acceptors (Lipinski definition) is 2. The molecule has 0 aliphatic carbocycles. The predicted octanol–water partition coefficient (Wildman–Crippen LogP) is 0.703. The summed E-state index contributed by atoms with van der Waals surface area (Å²) in [5, 5.41) is 0. The number of amides is 1. The Kier molecular flexibility index (Phi) is 2.54. The van der Waals surface area contributed by atoms with Crippen molar-refractivity contribution in [2.45, 2.75) is 31.7 Å². The molecule has 0 radical (unpaired) electrons. The van der Waals surface area contributed by atoms with E-state index < -0.39 is 0 Å². The monoisotopic (exact) mass is 182 g/mol. The summed E-state index contributed by atoms with van der Waals surface area (Å²) in [6.45, 7) is 2.70. The molecule has 2 heterocycles. The van der Waals surface area contributed by atoms with Crippen molar-refractivity contribution in [3.8, 4) is 0 Å². The highest BCUT2D eigenvalue weighted by atomic mass is 16.2. The lowest BCUT2D eigenvalue weighted by Gasteiger charge is -2.33. The normalized spacial score (nSPS) is 31.3. The zero-order valence-electron chi connectivity index (χ0n) is 8.33. The molecule has 0 bridgehead atoms. The molecule has 0 aromatic heterocycles. The van der Waals surface area contributed by atoms with Gasteiger partial charge in [0.1, 0.15) is 0 Å². The van der Waals surface area contributed by atoms with Crippen LogP contribution in [0.25, 0.3) is 0 Å². The lowest BCUT2D eigenvalue weighted by atomic mass is 10.00. The van der Waals surface area contributed by atoms with Crippen LogP contribution in [0.1, 0.15) is 25.7 Å². The Labute approximate surface area is 79.7 Å². The van der Waals surface area contributed by atoms with Gasteiger partial charge in [0.25, 0.3) is 0 Å². The van der Waals surface area contributed by atoms with Gasteiger partial charge in [-0.25, -0.2) is 0 Å². The van der Waals surface area contributed by atoms with E-state index in [4.69, 9.17) is 0 Å². The van der Waals surface area contributed by atoms with Gasteiger partial charge in [0.2, 0.25) is 5.91 Å². The third-order valence-electron chi connectivity index (χ3n) is 3.20. The molecular formula is C10H18N2O. The van der Waals surface area contributed by atoms with Crippen molar-refractivity contribution in [3.63, 3.8) is 0 Å². The van der Waals surface area contributed by atoms with Crippen LogP contribution in [0.3, 0.4) is 0 Å². The minimum Gasteiger partial charge on any atom is -0.339 e. The molecule has 2 aliphatic rings. The highest BCUT2D eigenvalue weighted by Gasteiger charge is 2.29. The molecule has 74 valence electrons. The number of piperidine rings is 1. The predicted molar refractivity (Wildman–Crippen MR) is 51.5 cm³/mol. The van der Waals surface area contributed by atoms with Crippen molar-refractivity contribution >= 4 is 5.91 Å². The second kappa shape index (κ2) is 3.66. The molecule has 0 saturated carbocycles. The molecule has 2 fully saturated rings. The smallest absolute Gasteiger partial charge is 0.236 e. The average Bonchev–Trinajstić information content (AvgIpc) is 2.27. The van der Waals surface area contributed by atoms with Crippen molar-refractivity contribution in [2.75, 3.05) is 26.7 Å². The van der Waals surface area contributed by atoms with Crippen LogP contribution in [0.2, 0.25) is 0 Å². The standard InChI is InChI=1S/C10H18N2O/c1-11-7-5-9-4-2-3-6-12(9)10(13)8-11/h9H,2-8H2,1H3/t9-/m1/s1. The Balaban J connectivity index is 2.08. The SMILES string of the molecule is CN1CC[C@H]2CCCCN2C(=O)C1. The topological polar surface area (TPSA) is 23.6 Å². The molecule has 13 heavy (non-hydrogen) atoms. The summed E-state index contributed by atoms with van der Waals surface area (Å²) in [5.74, 6) is 0.338. The molecule has 0 spiro atoms. The first-order valence-corrected chi connectivity index (χ1v) is 5.25. The lowest BCUT2D eigenvalue weighted by Crippen LogP contribution is -2.44. The summed E-state index contributed by atoms with van der Waals surface area (Å²) >= 11 is 0. The summed E-state index contributed by atoms with van der Waals surface area (Å²) < 4.78 is 0. The molecule has 1 atom stereocenters. The molecule has 0 aromatic rings. The molecule has 0 N–H and O–H groups in total. The van der Waals surface area contributed by atoms with Crippen LogP contribution in [0.4, 0.5) is 0 Å². The zero-order valence-corrected chi connectivity index (χ0v) is 8.33. The van der Waals surface area contributed by atoms with Crippen LogP contribution >= 0.6 is 0 Å². The van der Waals surface area contributed by atoms with E-state index >= 15 is 0 Å². The Morgan fingerprint density at radius 1 is 1.23 bits per heavy atom. The number of hydrogen-bond donors (Lipinski definition) is 0. The van der Waals surface area contributed by atoms with Gasteiger partial charge in [0.15, 0.2) is 0 Å². The van der Waals surface area contributed by atoms with E-state index in [9.17, 15) is 4.79 Å². The first kappa shape index (κ1) is 9.00. The maximum atomic E-state index is 11.7. The quantitative estimate of drug-likeness (QED) is 0.550. The van der Waals surface area contributed by atoms with Crippen molar-refractivity contribution in [3.05, 3.63) is 0 Å². The number of carbonyl (C=O) groups excluding carboxylic acids is 1. The van der Waals surface area contributed by atoms with Gasteiger partial charge < -0.3 is 4.90 Å². The average molecular weight is 182 g/mol. The van der Waals surface area contributed by atoms with E-state index in [1.54, 1.807) is 0 Å². The summed E-state index contributed by atoms with van der Waals surface area (Å²) in [5.41, 5.74) is 0. The molecule has 2 rings (SSSR count). The number of fused-ring (bicyclic) bond motifs is 1. The second-order valence-electron chi connectivity index (χ2n) is 4.26. The second-order valence-corrected chi connectivity index (χ2v) is 4.26. The van der Waals surface area contributed by atoms with Crippen LogP contribution in [0.5, 0.6) is 0 Å².